The summed E-state index contributed by atoms with van der Waals surface area (Å²) in [6.45, 7) is 0. The van der Waals surface area contributed by atoms with Crippen LogP contribution in [-0.2, 0) is 5.75 Å². The first-order chi connectivity index (χ1) is 12.8. The van der Waals surface area contributed by atoms with Gasteiger partial charge in [0, 0.05) is 5.56 Å². The molecule has 0 radical (unpaired) electrons. The summed E-state index contributed by atoms with van der Waals surface area (Å²) >= 11 is 1.44. The van der Waals surface area contributed by atoms with Gasteiger partial charge in [0.15, 0.2) is 0 Å². The number of methoxy groups -OCH3 is 1. The highest BCUT2D eigenvalue weighted by Gasteiger charge is 2.11. The molecule has 4 aromatic rings. The van der Waals surface area contributed by atoms with Crippen molar-refractivity contribution in [2.24, 2.45) is 0 Å². The van der Waals surface area contributed by atoms with Crippen LogP contribution in [0.1, 0.15) is 5.89 Å². The Morgan fingerprint density at radius 3 is 2.65 bits per heavy atom. The fourth-order valence-corrected chi connectivity index (χ4v) is 2.95. The molecule has 2 heterocycles. The Hall–Kier alpha value is -3.13. The summed E-state index contributed by atoms with van der Waals surface area (Å²) < 4.78 is 12.2. The summed E-state index contributed by atoms with van der Waals surface area (Å²) in [4.78, 5) is 8.72. The molecule has 130 valence electrons. The van der Waals surface area contributed by atoms with Crippen LogP contribution in [0, 0.1) is 0 Å². The van der Waals surface area contributed by atoms with Crippen LogP contribution >= 0.6 is 11.8 Å². The lowest BCUT2D eigenvalue weighted by Gasteiger charge is -1.98. The van der Waals surface area contributed by atoms with Crippen molar-refractivity contribution < 1.29 is 9.26 Å². The predicted molar refractivity (Wildman–Crippen MR) is 97.2 cm³/mol. The van der Waals surface area contributed by atoms with E-state index in [1.165, 1.54) is 11.8 Å². The summed E-state index contributed by atoms with van der Waals surface area (Å²) in [5, 5.41) is 9.12. The molecule has 0 aliphatic heterocycles. The summed E-state index contributed by atoms with van der Waals surface area (Å²) in [6, 6.07) is 17.3. The molecule has 4 rings (SSSR count). The van der Waals surface area contributed by atoms with Crippen LogP contribution in [0.2, 0.25) is 0 Å². The Balaban J connectivity index is 1.41. The first kappa shape index (κ1) is 16.3. The van der Waals surface area contributed by atoms with Crippen molar-refractivity contribution in [2.75, 3.05) is 7.11 Å². The molecule has 2 aromatic heterocycles. The van der Waals surface area contributed by atoms with Crippen LogP contribution in [0.5, 0.6) is 5.75 Å². The topological polar surface area (TPSA) is 78.9 Å². The maximum Gasteiger partial charge on any atom is 0.237 e. The molecule has 0 fully saturated rings. The zero-order chi connectivity index (χ0) is 17.8. The fraction of sp³-hybridized carbons (Fsp3) is 0.111. The van der Waals surface area contributed by atoms with E-state index < -0.39 is 0 Å². The van der Waals surface area contributed by atoms with E-state index in [0.29, 0.717) is 22.6 Å². The molecule has 0 unspecified atom stereocenters. The van der Waals surface area contributed by atoms with Crippen molar-refractivity contribution in [3.05, 3.63) is 66.8 Å². The van der Waals surface area contributed by atoms with Gasteiger partial charge in [-0.2, -0.15) is 4.98 Å². The van der Waals surface area contributed by atoms with Gasteiger partial charge in [-0.25, -0.2) is 9.67 Å². The number of ether oxygens (including phenoxy) is 1. The number of hydrogen-bond donors (Lipinski definition) is 0. The van der Waals surface area contributed by atoms with Crippen molar-refractivity contribution in [2.45, 2.75) is 10.9 Å². The minimum absolute atomic E-state index is 0.502. The van der Waals surface area contributed by atoms with Crippen molar-refractivity contribution in [3.8, 4) is 22.8 Å². The van der Waals surface area contributed by atoms with E-state index in [9.17, 15) is 0 Å². The number of hydrogen-bond acceptors (Lipinski definition) is 7. The van der Waals surface area contributed by atoms with E-state index in [1.54, 1.807) is 18.1 Å². The number of aromatic nitrogens is 5. The van der Waals surface area contributed by atoms with Crippen LogP contribution in [0.3, 0.4) is 0 Å². The Labute approximate surface area is 154 Å². The first-order valence-electron chi connectivity index (χ1n) is 7.89. The third-order valence-electron chi connectivity index (χ3n) is 3.63. The third kappa shape index (κ3) is 3.60. The van der Waals surface area contributed by atoms with E-state index >= 15 is 0 Å². The lowest BCUT2D eigenvalue weighted by atomic mass is 10.2. The highest BCUT2D eigenvalue weighted by atomic mass is 32.2. The summed E-state index contributed by atoms with van der Waals surface area (Å²) in [6.07, 6.45) is 1.69. The van der Waals surface area contributed by atoms with Crippen molar-refractivity contribution in [1.82, 2.24) is 24.9 Å². The predicted octanol–water partition coefficient (Wildman–Crippen LogP) is 3.62. The second-order valence-electron chi connectivity index (χ2n) is 5.34. The van der Waals surface area contributed by atoms with Crippen LogP contribution in [0.4, 0.5) is 0 Å². The molecule has 2 aromatic carbocycles. The van der Waals surface area contributed by atoms with Gasteiger partial charge in [-0.15, -0.1) is 5.10 Å². The van der Waals surface area contributed by atoms with Gasteiger partial charge in [0.1, 0.15) is 12.1 Å². The first-order valence-corrected chi connectivity index (χ1v) is 8.87. The molecule has 0 atom stereocenters. The van der Waals surface area contributed by atoms with Gasteiger partial charge in [0.25, 0.3) is 0 Å². The average Bonchev–Trinajstić information content (AvgIpc) is 3.37. The van der Waals surface area contributed by atoms with Crippen molar-refractivity contribution in [1.29, 1.82) is 0 Å². The second-order valence-corrected chi connectivity index (χ2v) is 6.28. The molecule has 0 amide bonds. The number of benzene rings is 2. The molecule has 7 nitrogen and oxygen atoms in total. The molecule has 0 aliphatic rings. The van der Waals surface area contributed by atoms with Gasteiger partial charge in [-0.1, -0.05) is 35.1 Å². The minimum Gasteiger partial charge on any atom is -0.497 e. The number of thioether (sulfide) groups is 1. The molecule has 0 bridgehead atoms. The van der Waals surface area contributed by atoms with Gasteiger partial charge in [-0.05, 0) is 36.4 Å². The zero-order valence-electron chi connectivity index (χ0n) is 13.9. The van der Waals surface area contributed by atoms with E-state index in [1.807, 2.05) is 54.6 Å². The lowest BCUT2D eigenvalue weighted by Crippen LogP contribution is -1.93. The standard InChI is InChI=1S/C18H15N5O2S/c1-24-15-9-7-13(8-10-15)17-20-16(25-22-17)11-26-18-19-12-23(21-18)14-5-3-2-4-6-14/h2-10,12H,11H2,1H3. The second kappa shape index (κ2) is 7.40. The van der Waals surface area contributed by atoms with Gasteiger partial charge < -0.3 is 9.26 Å². The quantitative estimate of drug-likeness (QED) is 0.483. The van der Waals surface area contributed by atoms with E-state index in [4.69, 9.17) is 9.26 Å². The zero-order valence-corrected chi connectivity index (χ0v) is 14.8. The Morgan fingerprint density at radius 2 is 1.88 bits per heavy atom. The Morgan fingerprint density at radius 1 is 1.08 bits per heavy atom. The molecule has 0 aliphatic carbocycles. The lowest BCUT2D eigenvalue weighted by molar-refractivity contribution is 0.391. The van der Waals surface area contributed by atoms with Crippen LogP contribution < -0.4 is 4.74 Å². The number of rotatable bonds is 6. The van der Waals surface area contributed by atoms with E-state index in [-0.39, 0.29) is 0 Å². The Bertz CT molecular complexity index is 982. The molecule has 8 heteroatoms. The highest BCUT2D eigenvalue weighted by Crippen LogP contribution is 2.23. The number of para-hydroxylation sites is 1. The largest absolute Gasteiger partial charge is 0.497 e. The minimum atomic E-state index is 0.502. The summed E-state index contributed by atoms with van der Waals surface area (Å²) in [5.74, 6) is 2.36. The van der Waals surface area contributed by atoms with E-state index in [2.05, 4.69) is 20.2 Å². The van der Waals surface area contributed by atoms with Crippen molar-refractivity contribution in [3.63, 3.8) is 0 Å². The van der Waals surface area contributed by atoms with Gasteiger partial charge in [0.2, 0.25) is 16.9 Å². The average molecular weight is 365 g/mol. The molecule has 0 N–H and O–H groups in total. The fourth-order valence-electron chi connectivity index (χ4n) is 2.32. The number of nitrogens with zero attached hydrogens (tertiary/aromatic N) is 5. The van der Waals surface area contributed by atoms with Crippen molar-refractivity contribution >= 4 is 11.8 Å². The smallest absolute Gasteiger partial charge is 0.237 e. The maximum absolute atomic E-state index is 5.31. The summed E-state index contributed by atoms with van der Waals surface area (Å²) in [7, 11) is 1.63. The van der Waals surface area contributed by atoms with Gasteiger partial charge in [0.05, 0.1) is 18.6 Å². The monoisotopic (exact) mass is 365 g/mol. The van der Waals surface area contributed by atoms with Gasteiger partial charge in [-0.3, -0.25) is 0 Å². The maximum atomic E-state index is 5.31. The molecular formula is C18H15N5O2S. The van der Waals surface area contributed by atoms with Crippen LogP contribution in [0.25, 0.3) is 17.1 Å². The Kier molecular flexibility index (Phi) is 4.65. The van der Waals surface area contributed by atoms with Crippen LogP contribution in [-0.4, -0.2) is 32.0 Å². The molecule has 0 saturated carbocycles. The highest BCUT2D eigenvalue weighted by molar-refractivity contribution is 7.98. The normalized spacial score (nSPS) is 10.8. The molecular weight excluding hydrogens is 350 g/mol. The molecule has 0 saturated heterocycles. The van der Waals surface area contributed by atoms with Crippen LogP contribution in [0.15, 0.2) is 70.6 Å². The third-order valence-corrected chi connectivity index (χ3v) is 4.47. The molecule has 26 heavy (non-hydrogen) atoms. The summed E-state index contributed by atoms with van der Waals surface area (Å²) in [5.41, 5.74) is 1.84. The van der Waals surface area contributed by atoms with E-state index in [0.717, 1.165) is 17.0 Å². The molecule has 0 spiro atoms. The van der Waals surface area contributed by atoms with Gasteiger partial charge >= 0.3 is 0 Å². The SMILES string of the molecule is COc1ccc(-c2noc(CSc3ncn(-c4ccccc4)n3)n2)cc1.